The van der Waals surface area contributed by atoms with Gasteiger partial charge in [-0.3, -0.25) is 0 Å². The molecule has 0 saturated heterocycles. The van der Waals surface area contributed by atoms with Crippen molar-refractivity contribution in [2.45, 2.75) is 13.0 Å². The van der Waals surface area contributed by atoms with Gasteiger partial charge in [-0.2, -0.15) is 11.8 Å². The largest absolute Gasteiger partial charge is 0.495 e. The highest BCUT2D eigenvalue weighted by Gasteiger charge is 2.19. The molecule has 0 aliphatic carbocycles. The van der Waals surface area contributed by atoms with Crippen LogP contribution in [0, 0.1) is 0 Å². The number of halogens is 1. The number of benzene rings is 1. The molecule has 0 heterocycles. The second-order valence-corrected chi connectivity index (χ2v) is 5.47. The lowest BCUT2D eigenvalue weighted by Gasteiger charge is -2.21. The third-order valence-electron chi connectivity index (χ3n) is 2.68. The van der Waals surface area contributed by atoms with Gasteiger partial charge in [0.1, 0.15) is 16.0 Å². The summed E-state index contributed by atoms with van der Waals surface area (Å²) in [5.74, 6) is 2.63. The standard InChI is InChI=1S/C13H20BrNO2S/c1-5-15-10(8-18-4)9-6-7-11(16-2)12(14)13(9)17-3/h6-7,10,15H,5,8H2,1-4H3. The number of hydrogen-bond donors (Lipinski definition) is 1. The molecule has 1 rings (SSSR count). The highest BCUT2D eigenvalue weighted by atomic mass is 79.9. The normalized spacial score (nSPS) is 12.3. The molecule has 18 heavy (non-hydrogen) atoms. The summed E-state index contributed by atoms with van der Waals surface area (Å²) in [7, 11) is 3.34. The van der Waals surface area contributed by atoms with E-state index in [1.165, 1.54) is 0 Å². The SMILES string of the molecule is CCNC(CSC)c1ccc(OC)c(Br)c1OC. The minimum absolute atomic E-state index is 0.280. The molecule has 1 aromatic rings. The molecule has 0 aliphatic heterocycles. The maximum absolute atomic E-state index is 5.52. The van der Waals surface area contributed by atoms with E-state index in [1.807, 2.05) is 17.8 Å². The van der Waals surface area contributed by atoms with Gasteiger partial charge < -0.3 is 14.8 Å². The molecule has 0 saturated carbocycles. The molecule has 0 amide bonds. The van der Waals surface area contributed by atoms with Gasteiger partial charge in [0.15, 0.2) is 0 Å². The molecular weight excluding hydrogens is 314 g/mol. The third kappa shape index (κ3) is 3.56. The fourth-order valence-electron chi connectivity index (χ4n) is 1.86. The Balaban J connectivity index is 3.16. The van der Waals surface area contributed by atoms with Gasteiger partial charge in [-0.15, -0.1) is 0 Å². The van der Waals surface area contributed by atoms with Crippen molar-refractivity contribution in [2.24, 2.45) is 0 Å². The highest BCUT2D eigenvalue weighted by Crippen LogP contribution is 2.40. The van der Waals surface area contributed by atoms with Crippen molar-refractivity contribution in [3.63, 3.8) is 0 Å². The third-order valence-corrected chi connectivity index (χ3v) is 4.09. The van der Waals surface area contributed by atoms with E-state index >= 15 is 0 Å². The van der Waals surface area contributed by atoms with E-state index in [1.54, 1.807) is 14.2 Å². The zero-order valence-corrected chi connectivity index (χ0v) is 13.7. The van der Waals surface area contributed by atoms with Gasteiger partial charge in [0.05, 0.1) is 14.2 Å². The van der Waals surface area contributed by atoms with Gasteiger partial charge in [-0.05, 0) is 40.9 Å². The minimum Gasteiger partial charge on any atom is -0.495 e. The summed E-state index contributed by atoms with van der Waals surface area (Å²) in [4.78, 5) is 0. The second-order valence-electron chi connectivity index (χ2n) is 3.77. The molecule has 1 unspecified atom stereocenters. The van der Waals surface area contributed by atoms with Gasteiger partial charge in [0.2, 0.25) is 0 Å². The van der Waals surface area contributed by atoms with E-state index < -0.39 is 0 Å². The molecule has 3 nitrogen and oxygen atoms in total. The summed E-state index contributed by atoms with van der Waals surface area (Å²) in [6.45, 7) is 3.04. The zero-order valence-electron chi connectivity index (χ0n) is 11.2. The first kappa shape index (κ1) is 15.7. The van der Waals surface area contributed by atoms with Crippen molar-refractivity contribution in [3.8, 4) is 11.5 Å². The number of nitrogens with one attached hydrogen (secondary N) is 1. The molecule has 1 atom stereocenters. The van der Waals surface area contributed by atoms with Gasteiger partial charge in [0, 0.05) is 17.4 Å². The van der Waals surface area contributed by atoms with Crippen LogP contribution >= 0.6 is 27.7 Å². The number of rotatable bonds is 7. The predicted octanol–water partition coefficient (Wildman–Crippen LogP) is 3.48. The average molecular weight is 334 g/mol. The first-order valence-corrected chi connectivity index (χ1v) is 8.00. The van der Waals surface area contributed by atoms with Crippen LogP contribution < -0.4 is 14.8 Å². The minimum atomic E-state index is 0.280. The summed E-state index contributed by atoms with van der Waals surface area (Å²) >= 11 is 5.35. The summed E-state index contributed by atoms with van der Waals surface area (Å²) in [5.41, 5.74) is 1.15. The fraction of sp³-hybridized carbons (Fsp3) is 0.538. The van der Waals surface area contributed by atoms with Crippen molar-refractivity contribution in [2.75, 3.05) is 32.8 Å². The Bertz CT molecular complexity index is 381. The van der Waals surface area contributed by atoms with Gasteiger partial charge in [-0.25, -0.2) is 0 Å². The lowest BCUT2D eigenvalue weighted by Crippen LogP contribution is -2.23. The summed E-state index contributed by atoms with van der Waals surface area (Å²) in [5, 5.41) is 3.48. The monoisotopic (exact) mass is 333 g/mol. The second kappa shape index (κ2) is 7.92. The van der Waals surface area contributed by atoms with Crippen molar-refractivity contribution in [1.82, 2.24) is 5.32 Å². The maximum atomic E-state index is 5.52. The number of ether oxygens (including phenoxy) is 2. The molecule has 0 spiro atoms. The topological polar surface area (TPSA) is 30.5 Å². The highest BCUT2D eigenvalue weighted by molar-refractivity contribution is 9.10. The maximum Gasteiger partial charge on any atom is 0.141 e. The Kier molecular flexibility index (Phi) is 6.89. The van der Waals surface area contributed by atoms with Gasteiger partial charge >= 0.3 is 0 Å². The number of thioether (sulfide) groups is 1. The van der Waals surface area contributed by atoms with E-state index in [-0.39, 0.29) is 6.04 Å². The number of methoxy groups -OCH3 is 2. The van der Waals surface area contributed by atoms with Crippen LogP contribution in [-0.2, 0) is 0 Å². The molecule has 0 fully saturated rings. The molecule has 5 heteroatoms. The van der Waals surface area contributed by atoms with Crippen molar-refractivity contribution < 1.29 is 9.47 Å². The molecular formula is C13H20BrNO2S. The molecule has 1 aromatic carbocycles. The summed E-state index contributed by atoms with van der Waals surface area (Å²) in [6.07, 6.45) is 2.11. The van der Waals surface area contributed by atoms with Gasteiger partial charge in [0.25, 0.3) is 0 Å². The zero-order chi connectivity index (χ0) is 13.5. The molecule has 0 bridgehead atoms. The first-order chi connectivity index (χ1) is 8.69. The van der Waals surface area contributed by atoms with Gasteiger partial charge in [-0.1, -0.05) is 6.92 Å². The van der Waals surface area contributed by atoms with Crippen LogP contribution in [0.15, 0.2) is 16.6 Å². The quantitative estimate of drug-likeness (QED) is 0.827. The van der Waals surface area contributed by atoms with E-state index in [9.17, 15) is 0 Å². The summed E-state index contributed by atoms with van der Waals surface area (Å²) in [6, 6.07) is 4.31. The van der Waals surface area contributed by atoms with Crippen LogP contribution in [0.4, 0.5) is 0 Å². The Labute approximate surface area is 122 Å². The van der Waals surface area contributed by atoms with Crippen molar-refractivity contribution in [1.29, 1.82) is 0 Å². The lowest BCUT2D eigenvalue weighted by molar-refractivity contribution is 0.382. The van der Waals surface area contributed by atoms with Crippen LogP contribution in [0.5, 0.6) is 11.5 Å². The smallest absolute Gasteiger partial charge is 0.141 e. The van der Waals surface area contributed by atoms with E-state index in [4.69, 9.17) is 9.47 Å². The van der Waals surface area contributed by atoms with Crippen molar-refractivity contribution >= 4 is 27.7 Å². The van der Waals surface area contributed by atoms with Crippen LogP contribution in [0.2, 0.25) is 0 Å². The lowest BCUT2D eigenvalue weighted by atomic mass is 10.1. The van der Waals surface area contributed by atoms with E-state index in [2.05, 4.69) is 40.5 Å². The molecule has 1 N–H and O–H groups in total. The Hall–Kier alpha value is -0.390. The van der Waals surface area contributed by atoms with E-state index in [0.29, 0.717) is 0 Å². The molecule has 102 valence electrons. The van der Waals surface area contributed by atoms with Crippen LogP contribution in [0.3, 0.4) is 0 Å². The molecule has 0 aromatic heterocycles. The first-order valence-electron chi connectivity index (χ1n) is 5.82. The van der Waals surface area contributed by atoms with Crippen molar-refractivity contribution in [3.05, 3.63) is 22.2 Å². The van der Waals surface area contributed by atoms with Crippen LogP contribution in [0.1, 0.15) is 18.5 Å². The fourth-order valence-corrected chi connectivity index (χ4v) is 3.18. The van der Waals surface area contributed by atoms with Crippen LogP contribution in [0.25, 0.3) is 0 Å². The molecule has 0 radical (unpaired) electrons. The van der Waals surface area contributed by atoms with Crippen LogP contribution in [-0.4, -0.2) is 32.8 Å². The Morgan fingerprint density at radius 1 is 1.33 bits per heavy atom. The Morgan fingerprint density at radius 3 is 2.56 bits per heavy atom. The number of hydrogen-bond acceptors (Lipinski definition) is 4. The summed E-state index contributed by atoms with van der Waals surface area (Å²) < 4.78 is 11.7. The Morgan fingerprint density at radius 2 is 2.06 bits per heavy atom. The average Bonchev–Trinajstić information content (AvgIpc) is 2.38. The molecule has 0 aliphatic rings. The predicted molar refractivity (Wildman–Crippen MR) is 82.0 cm³/mol. The van der Waals surface area contributed by atoms with E-state index in [0.717, 1.165) is 33.8 Å².